The highest BCUT2D eigenvalue weighted by atomic mass is 19.1. The van der Waals surface area contributed by atoms with E-state index < -0.39 is 0 Å². The van der Waals surface area contributed by atoms with Crippen molar-refractivity contribution in [2.75, 3.05) is 68.5 Å². The Kier molecular flexibility index (Phi) is 7.61. The van der Waals surface area contributed by atoms with Gasteiger partial charge in [0, 0.05) is 69.1 Å². The number of piperazine rings is 1. The molecule has 2 aromatic heterocycles. The number of hydrogen-bond acceptors (Lipinski definition) is 8. The molecule has 2 saturated heterocycles. The number of aromatic amines is 1. The van der Waals surface area contributed by atoms with Crippen LogP contribution in [0.25, 0.3) is 11.0 Å². The maximum absolute atomic E-state index is 13.5. The van der Waals surface area contributed by atoms with Crippen molar-refractivity contribution in [1.29, 1.82) is 0 Å². The second-order valence-corrected chi connectivity index (χ2v) is 10.6. The first-order valence-electron chi connectivity index (χ1n) is 13.8. The third-order valence-corrected chi connectivity index (χ3v) is 7.77. The van der Waals surface area contributed by atoms with Crippen molar-refractivity contribution in [2.45, 2.75) is 12.8 Å². The van der Waals surface area contributed by atoms with Crippen molar-refractivity contribution in [3.63, 3.8) is 0 Å². The molecule has 2 fully saturated rings. The van der Waals surface area contributed by atoms with Crippen LogP contribution >= 0.6 is 0 Å². The zero-order valence-corrected chi connectivity index (χ0v) is 22.6. The van der Waals surface area contributed by atoms with E-state index >= 15 is 0 Å². The van der Waals surface area contributed by atoms with Crippen LogP contribution in [0.4, 0.5) is 27.5 Å². The fraction of sp³-hybridized carbons (Fsp3) is 0.367. The highest BCUT2D eigenvalue weighted by molar-refractivity contribution is 6.18. The lowest BCUT2D eigenvalue weighted by molar-refractivity contribution is 0.0699. The topological polar surface area (TPSA) is 98.4 Å². The Morgan fingerprint density at radius 2 is 1.75 bits per heavy atom. The summed E-state index contributed by atoms with van der Waals surface area (Å²) in [4.78, 5) is 30.8. The zero-order valence-electron chi connectivity index (χ0n) is 22.6. The van der Waals surface area contributed by atoms with Gasteiger partial charge < -0.3 is 30.2 Å². The van der Waals surface area contributed by atoms with Crippen LogP contribution in [0.3, 0.4) is 0 Å². The van der Waals surface area contributed by atoms with Crippen molar-refractivity contribution in [1.82, 2.24) is 19.9 Å². The highest BCUT2D eigenvalue weighted by Crippen LogP contribution is 2.30. The summed E-state index contributed by atoms with van der Waals surface area (Å²) in [5.41, 5.74) is 3.47. The van der Waals surface area contributed by atoms with E-state index in [0.29, 0.717) is 46.4 Å². The molecule has 4 heterocycles. The smallest absolute Gasteiger partial charge is 0.231 e. The normalized spacial score (nSPS) is 16.8. The van der Waals surface area contributed by atoms with Gasteiger partial charge in [0.15, 0.2) is 5.78 Å². The average Bonchev–Trinajstić information content (AvgIpc) is 3.41. The second kappa shape index (κ2) is 11.6. The number of hydrogen-bond donors (Lipinski definition) is 3. The van der Waals surface area contributed by atoms with E-state index in [0.717, 1.165) is 57.9 Å². The molecule has 2 aromatic carbocycles. The Balaban J connectivity index is 1.27. The summed E-state index contributed by atoms with van der Waals surface area (Å²) < 4.78 is 19.0. The molecule has 208 valence electrons. The zero-order chi connectivity index (χ0) is 27.5. The van der Waals surface area contributed by atoms with Gasteiger partial charge in [-0.15, -0.1) is 0 Å². The standard InChI is InChI=1S/C30H34FN7O2/c1-37-12-14-38(15-13-37)24-8-6-23(7-9-24)34-30-35-28(32-18-20-10-16-40-17-11-20)26-25(19-33-29(26)36-30)27(39)21-2-4-22(31)5-3-21/h2-9,19-20H,10-18H2,1H3,(H3,32,33,34,35,36). The van der Waals surface area contributed by atoms with E-state index in [9.17, 15) is 9.18 Å². The summed E-state index contributed by atoms with van der Waals surface area (Å²) in [7, 11) is 2.15. The van der Waals surface area contributed by atoms with Gasteiger partial charge in [-0.1, -0.05) is 0 Å². The van der Waals surface area contributed by atoms with Crippen LogP contribution in [0, 0.1) is 11.7 Å². The summed E-state index contributed by atoms with van der Waals surface area (Å²) >= 11 is 0. The van der Waals surface area contributed by atoms with Gasteiger partial charge in [0.25, 0.3) is 0 Å². The quantitative estimate of drug-likeness (QED) is 0.276. The molecule has 4 aromatic rings. The van der Waals surface area contributed by atoms with E-state index in [1.54, 1.807) is 6.20 Å². The molecule has 0 bridgehead atoms. The van der Waals surface area contributed by atoms with Crippen LogP contribution in [0.2, 0.25) is 0 Å². The van der Waals surface area contributed by atoms with Gasteiger partial charge in [-0.05, 0) is 74.3 Å². The molecule has 0 radical (unpaired) electrons. The molecule has 0 spiro atoms. The predicted octanol–water partition coefficient (Wildman–Crippen LogP) is 4.66. The Morgan fingerprint density at radius 1 is 1.02 bits per heavy atom. The molecule has 6 rings (SSSR count). The van der Waals surface area contributed by atoms with E-state index in [4.69, 9.17) is 14.7 Å². The van der Waals surface area contributed by atoms with Crippen LogP contribution in [-0.2, 0) is 4.74 Å². The summed E-state index contributed by atoms with van der Waals surface area (Å²) in [5, 5.41) is 7.45. The highest BCUT2D eigenvalue weighted by Gasteiger charge is 2.22. The summed E-state index contributed by atoms with van der Waals surface area (Å²) in [6.45, 7) is 6.35. The first-order valence-corrected chi connectivity index (χ1v) is 13.8. The number of carbonyl (C=O) groups excluding carboxylic acids is 1. The van der Waals surface area contributed by atoms with Crippen LogP contribution in [0.1, 0.15) is 28.8 Å². The molecule has 0 atom stereocenters. The monoisotopic (exact) mass is 543 g/mol. The molecule has 10 heteroatoms. The number of nitrogens with zero attached hydrogens (tertiary/aromatic N) is 4. The van der Waals surface area contributed by atoms with Gasteiger partial charge in [0.05, 0.1) is 10.9 Å². The SMILES string of the molecule is CN1CCN(c2ccc(Nc3nc(NCC4CCOCC4)c4c(C(=O)c5ccc(F)cc5)c[nH]c4n3)cc2)CC1. The summed E-state index contributed by atoms with van der Waals surface area (Å²) in [6, 6.07) is 13.9. The van der Waals surface area contributed by atoms with Crippen LogP contribution in [0.5, 0.6) is 0 Å². The van der Waals surface area contributed by atoms with E-state index in [1.165, 1.54) is 30.0 Å². The van der Waals surface area contributed by atoms with Crippen molar-refractivity contribution >= 4 is 40.0 Å². The molecule has 40 heavy (non-hydrogen) atoms. The van der Waals surface area contributed by atoms with Gasteiger partial charge in [-0.3, -0.25) is 4.79 Å². The molecule has 9 nitrogen and oxygen atoms in total. The van der Waals surface area contributed by atoms with Gasteiger partial charge in [-0.2, -0.15) is 9.97 Å². The average molecular weight is 544 g/mol. The van der Waals surface area contributed by atoms with Crippen molar-refractivity contribution < 1.29 is 13.9 Å². The van der Waals surface area contributed by atoms with Gasteiger partial charge in [0.2, 0.25) is 5.95 Å². The lowest BCUT2D eigenvalue weighted by atomic mass is 10.00. The predicted molar refractivity (Wildman–Crippen MR) is 155 cm³/mol. The minimum atomic E-state index is -0.384. The fourth-order valence-corrected chi connectivity index (χ4v) is 5.29. The first-order chi connectivity index (χ1) is 19.5. The number of ketones is 1. The minimum absolute atomic E-state index is 0.218. The van der Waals surface area contributed by atoms with E-state index in [-0.39, 0.29) is 11.6 Å². The number of nitrogens with one attached hydrogen (secondary N) is 3. The molecule has 2 aliphatic heterocycles. The number of rotatable bonds is 8. The fourth-order valence-electron chi connectivity index (χ4n) is 5.29. The number of anilines is 4. The van der Waals surface area contributed by atoms with Crippen molar-refractivity contribution in [3.05, 3.63) is 71.7 Å². The molecule has 2 aliphatic rings. The number of benzene rings is 2. The lowest BCUT2D eigenvalue weighted by Crippen LogP contribution is -2.44. The number of fused-ring (bicyclic) bond motifs is 1. The van der Waals surface area contributed by atoms with Gasteiger partial charge >= 0.3 is 0 Å². The van der Waals surface area contributed by atoms with Crippen LogP contribution in [-0.4, -0.2) is 78.6 Å². The summed E-state index contributed by atoms with van der Waals surface area (Å²) in [5.74, 6) is 0.860. The number of likely N-dealkylation sites (N-methyl/N-ethyl adjacent to an activating group) is 1. The Morgan fingerprint density at radius 3 is 2.48 bits per heavy atom. The number of halogens is 1. The Bertz CT molecular complexity index is 1460. The van der Waals surface area contributed by atoms with E-state index in [1.807, 2.05) is 12.1 Å². The Labute approximate surface area is 232 Å². The Hall–Kier alpha value is -4.02. The molecule has 0 aliphatic carbocycles. The molecule has 0 saturated carbocycles. The largest absolute Gasteiger partial charge is 0.381 e. The number of carbonyl (C=O) groups is 1. The number of ether oxygens (including phenoxy) is 1. The molecule has 0 amide bonds. The summed E-state index contributed by atoms with van der Waals surface area (Å²) in [6.07, 6.45) is 3.60. The molecular formula is C30H34FN7O2. The molecule has 3 N–H and O–H groups in total. The maximum atomic E-state index is 13.5. The van der Waals surface area contributed by atoms with Crippen molar-refractivity contribution in [3.8, 4) is 0 Å². The lowest BCUT2D eigenvalue weighted by Gasteiger charge is -2.34. The van der Waals surface area contributed by atoms with Crippen LogP contribution < -0.4 is 15.5 Å². The third-order valence-electron chi connectivity index (χ3n) is 7.77. The maximum Gasteiger partial charge on any atom is 0.231 e. The minimum Gasteiger partial charge on any atom is -0.381 e. The van der Waals surface area contributed by atoms with E-state index in [2.05, 4.69) is 44.6 Å². The van der Waals surface area contributed by atoms with Gasteiger partial charge in [-0.25, -0.2) is 4.39 Å². The molecular weight excluding hydrogens is 509 g/mol. The van der Waals surface area contributed by atoms with Crippen molar-refractivity contribution in [2.24, 2.45) is 5.92 Å². The molecule has 0 unspecified atom stereocenters. The second-order valence-electron chi connectivity index (χ2n) is 10.6. The number of H-pyrrole nitrogens is 1. The third kappa shape index (κ3) is 5.78. The first kappa shape index (κ1) is 26.2. The van der Waals surface area contributed by atoms with Gasteiger partial charge in [0.1, 0.15) is 17.3 Å². The number of aromatic nitrogens is 3. The van der Waals surface area contributed by atoms with Crippen LogP contribution in [0.15, 0.2) is 54.7 Å².